The van der Waals surface area contributed by atoms with Crippen molar-refractivity contribution < 1.29 is 24.1 Å². The highest BCUT2D eigenvalue weighted by molar-refractivity contribution is 5.47. The van der Waals surface area contributed by atoms with Crippen LogP contribution in [-0.2, 0) is 16.0 Å². The number of nitrogens with zero attached hydrogens (tertiary/aromatic N) is 3. The Kier molecular flexibility index (Phi) is 10.8. The third kappa shape index (κ3) is 7.80. The van der Waals surface area contributed by atoms with E-state index in [9.17, 15) is 5.11 Å². The largest absolute Gasteiger partial charge is 0.493 e. The summed E-state index contributed by atoms with van der Waals surface area (Å²) in [4.78, 5) is 2.14. The predicted octanol–water partition coefficient (Wildman–Crippen LogP) is 4.46. The lowest BCUT2D eigenvalue weighted by Gasteiger charge is -2.25. The topological polar surface area (TPSA) is 78.2 Å². The van der Waals surface area contributed by atoms with E-state index in [1.807, 2.05) is 66.2 Å². The van der Waals surface area contributed by atoms with Crippen molar-refractivity contribution in [1.82, 2.24) is 14.7 Å². The molecular formula is C28H39N3O5. The fourth-order valence-corrected chi connectivity index (χ4v) is 3.85. The van der Waals surface area contributed by atoms with Crippen molar-refractivity contribution in [3.8, 4) is 23.1 Å². The molecule has 0 saturated heterocycles. The Morgan fingerprint density at radius 3 is 2.33 bits per heavy atom. The minimum Gasteiger partial charge on any atom is -0.493 e. The van der Waals surface area contributed by atoms with Gasteiger partial charge in [-0.15, -0.1) is 0 Å². The van der Waals surface area contributed by atoms with Gasteiger partial charge >= 0.3 is 0 Å². The molecule has 1 atom stereocenters. The van der Waals surface area contributed by atoms with E-state index >= 15 is 0 Å². The summed E-state index contributed by atoms with van der Waals surface area (Å²) in [5, 5.41) is 15.5. The zero-order chi connectivity index (χ0) is 25.9. The van der Waals surface area contributed by atoms with Gasteiger partial charge < -0.3 is 24.1 Å². The van der Waals surface area contributed by atoms with Crippen LogP contribution in [0.5, 0.6) is 17.4 Å². The first kappa shape index (κ1) is 27.7. The molecule has 3 aromatic rings. The van der Waals surface area contributed by atoms with Gasteiger partial charge in [-0.2, -0.15) is 5.10 Å². The number of hydrogen-bond donors (Lipinski definition) is 1. The van der Waals surface area contributed by atoms with Crippen molar-refractivity contribution in [1.29, 1.82) is 0 Å². The molecule has 0 amide bonds. The summed E-state index contributed by atoms with van der Waals surface area (Å²) < 4.78 is 24.8. The van der Waals surface area contributed by atoms with Gasteiger partial charge in [-0.1, -0.05) is 44.2 Å². The molecule has 8 heteroatoms. The first-order valence-corrected chi connectivity index (χ1v) is 12.3. The number of aryl methyl sites for hydroxylation is 1. The minimum atomic E-state index is -0.622. The van der Waals surface area contributed by atoms with Gasteiger partial charge in [0.05, 0.1) is 43.4 Å². The molecule has 3 rings (SSSR count). The Morgan fingerprint density at radius 2 is 1.67 bits per heavy atom. The molecule has 1 N–H and O–H groups in total. The van der Waals surface area contributed by atoms with Crippen LogP contribution >= 0.6 is 0 Å². The zero-order valence-corrected chi connectivity index (χ0v) is 22.0. The molecule has 1 heterocycles. The molecule has 2 aromatic carbocycles. The highest BCUT2D eigenvalue weighted by Gasteiger charge is 2.23. The maximum absolute atomic E-state index is 10.7. The van der Waals surface area contributed by atoms with Gasteiger partial charge in [0.1, 0.15) is 0 Å². The van der Waals surface area contributed by atoms with Crippen LogP contribution < -0.4 is 9.47 Å². The number of rotatable bonds is 15. The van der Waals surface area contributed by atoms with Crippen molar-refractivity contribution in [2.24, 2.45) is 5.92 Å². The summed E-state index contributed by atoms with van der Waals surface area (Å²) in [5.74, 6) is 2.26. The molecule has 36 heavy (non-hydrogen) atoms. The molecular weight excluding hydrogens is 458 g/mol. The first-order valence-electron chi connectivity index (χ1n) is 12.3. The quantitative estimate of drug-likeness (QED) is 0.332. The molecule has 196 valence electrons. The molecule has 0 aliphatic rings. The van der Waals surface area contributed by atoms with Crippen LogP contribution in [0.1, 0.15) is 25.1 Å². The summed E-state index contributed by atoms with van der Waals surface area (Å²) in [6.45, 7) is 9.20. The van der Waals surface area contributed by atoms with E-state index in [4.69, 9.17) is 24.0 Å². The van der Waals surface area contributed by atoms with Crippen molar-refractivity contribution >= 4 is 0 Å². The van der Waals surface area contributed by atoms with E-state index in [2.05, 4.69) is 18.7 Å². The van der Waals surface area contributed by atoms with Crippen molar-refractivity contribution in [2.75, 3.05) is 47.1 Å². The monoisotopic (exact) mass is 497 g/mol. The van der Waals surface area contributed by atoms with E-state index in [-0.39, 0.29) is 6.61 Å². The Hall–Kier alpha value is -2.91. The van der Waals surface area contributed by atoms with Gasteiger partial charge in [-0.05, 0) is 37.1 Å². The van der Waals surface area contributed by atoms with Gasteiger partial charge in [0, 0.05) is 33.4 Å². The van der Waals surface area contributed by atoms with Gasteiger partial charge in [0.15, 0.2) is 11.5 Å². The minimum absolute atomic E-state index is 0.286. The van der Waals surface area contributed by atoms with E-state index in [0.29, 0.717) is 56.1 Å². The molecule has 8 nitrogen and oxygen atoms in total. The molecule has 1 aromatic heterocycles. The summed E-state index contributed by atoms with van der Waals surface area (Å²) in [7, 11) is 3.30. The van der Waals surface area contributed by atoms with Crippen molar-refractivity contribution in [3.05, 3.63) is 65.9 Å². The molecule has 0 fully saturated rings. The number of aliphatic hydroxyl groups excluding tert-OH is 1. The smallest absolute Gasteiger partial charge is 0.227 e. The van der Waals surface area contributed by atoms with Gasteiger partial charge in [0.2, 0.25) is 5.88 Å². The molecule has 0 aliphatic heterocycles. The van der Waals surface area contributed by atoms with Gasteiger partial charge in [0.25, 0.3) is 0 Å². The predicted molar refractivity (Wildman–Crippen MR) is 140 cm³/mol. The highest BCUT2D eigenvalue weighted by Crippen LogP contribution is 2.36. The summed E-state index contributed by atoms with van der Waals surface area (Å²) >= 11 is 0. The number of para-hydroxylation sites is 3. The second-order valence-corrected chi connectivity index (χ2v) is 9.18. The van der Waals surface area contributed by atoms with Crippen LogP contribution in [0.3, 0.4) is 0 Å². The van der Waals surface area contributed by atoms with E-state index < -0.39 is 6.10 Å². The molecule has 0 aliphatic carbocycles. The van der Waals surface area contributed by atoms with Crippen LogP contribution in [0.2, 0.25) is 0 Å². The zero-order valence-electron chi connectivity index (χ0n) is 22.0. The number of benzene rings is 2. The second-order valence-electron chi connectivity index (χ2n) is 9.18. The Bertz CT molecular complexity index is 1050. The fourth-order valence-electron chi connectivity index (χ4n) is 3.85. The summed E-state index contributed by atoms with van der Waals surface area (Å²) in [6.07, 6.45) is -0.622. The summed E-state index contributed by atoms with van der Waals surface area (Å²) in [5.41, 5.74) is 2.66. The lowest BCUT2D eigenvalue weighted by molar-refractivity contribution is 0.00323. The third-order valence-electron chi connectivity index (χ3n) is 5.64. The molecule has 0 bridgehead atoms. The normalized spacial score (nSPS) is 12.3. The Labute approximate surface area is 214 Å². The average molecular weight is 498 g/mol. The third-order valence-corrected chi connectivity index (χ3v) is 5.64. The summed E-state index contributed by atoms with van der Waals surface area (Å²) in [6, 6.07) is 17.4. The average Bonchev–Trinajstić information content (AvgIpc) is 3.17. The SMILES string of the molecule is COCCN(Cc1c(C)nn(-c2ccccc2)c1Oc1ccccc1OC)C[C@@H](O)COCC(C)C. The lowest BCUT2D eigenvalue weighted by Crippen LogP contribution is -2.37. The lowest BCUT2D eigenvalue weighted by atomic mass is 10.2. The van der Waals surface area contributed by atoms with E-state index in [1.54, 1.807) is 14.2 Å². The standard InChI is InChI=1S/C28H39N3O5/c1-21(2)19-35-20-24(32)17-30(15-16-33-4)18-25-22(3)29-31(23-11-7-6-8-12-23)28(25)36-27-14-10-9-13-26(27)34-5/h6-14,21,24,32H,15-20H2,1-5H3/t24-/m1/s1. The van der Waals surface area contributed by atoms with E-state index in [0.717, 1.165) is 16.9 Å². The van der Waals surface area contributed by atoms with Crippen LogP contribution in [0.25, 0.3) is 5.69 Å². The maximum atomic E-state index is 10.7. The Balaban J connectivity index is 1.92. The molecule has 0 radical (unpaired) electrons. The molecule has 0 saturated carbocycles. The van der Waals surface area contributed by atoms with Crippen molar-refractivity contribution in [2.45, 2.75) is 33.4 Å². The molecule has 0 spiro atoms. The van der Waals surface area contributed by atoms with Crippen LogP contribution in [0.4, 0.5) is 0 Å². The number of hydrogen-bond acceptors (Lipinski definition) is 7. The fraction of sp³-hybridized carbons (Fsp3) is 0.464. The Morgan fingerprint density at radius 1 is 0.972 bits per heavy atom. The first-order chi connectivity index (χ1) is 17.4. The highest BCUT2D eigenvalue weighted by atomic mass is 16.5. The van der Waals surface area contributed by atoms with Crippen LogP contribution in [-0.4, -0.2) is 73.0 Å². The number of aliphatic hydroxyl groups is 1. The van der Waals surface area contributed by atoms with Gasteiger partial charge in [-0.25, -0.2) is 4.68 Å². The molecule has 0 unspecified atom stereocenters. The maximum Gasteiger partial charge on any atom is 0.227 e. The number of methoxy groups -OCH3 is 2. The van der Waals surface area contributed by atoms with Crippen molar-refractivity contribution in [3.63, 3.8) is 0 Å². The van der Waals surface area contributed by atoms with E-state index in [1.165, 1.54) is 0 Å². The van der Waals surface area contributed by atoms with Crippen LogP contribution in [0.15, 0.2) is 54.6 Å². The number of aromatic nitrogens is 2. The second kappa shape index (κ2) is 14.0. The van der Waals surface area contributed by atoms with Crippen LogP contribution in [0, 0.1) is 12.8 Å². The number of ether oxygens (including phenoxy) is 4. The van der Waals surface area contributed by atoms with Gasteiger partial charge in [-0.3, -0.25) is 4.90 Å².